The van der Waals surface area contributed by atoms with Crippen molar-refractivity contribution in [2.24, 2.45) is 0 Å². The highest BCUT2D eigenvalue weighted by molar-refractivity contribution is 6.09. The lowest BCUT2D eigenvalue weighted by Gasteiger charge is -2.33. The summed E-state index contributed by atoms with van der Waals surface area (Å²) in [6, 6.07) is 16.1. The number of hydrogen-bond acceptors (Lipinski definition) is 5. The fourth-order valence-electron chi connectivity index (χ4n) is 4.66. The Morgan fingerprint density at radius 2 is 1.64 bits per heavy atom. The average Bonchev–Trinajstić information content (AvgIpc) is 3.32. The van der Waals surface area contributed by atoms with Gasteiger partial charge in [0.25, 0.3) is 5.91 Å². The minimum Gasteiger partial charge on any atom is -0.465 e. The summed E-state index contributed by atoms with van der Waals surface area (Å²) in [7, 11) is 0. The molecule has 0 aliphatic carbocycles. The maximum atomic E-state index is 15.2. The average molecular weight is 607 g/mol. The molecule has 226 valence electrons. The number of nitrogens with one attached hydrogen (secondary N) is 1. The maximum Gasteiger partial charge on any atom is 0.417 e. The Hall–Kier alpha value is -5.33. The fourth-order valence-corrected chi connectivity index (χ4v) is 4.66. The van der Waals surface area contributed by atoms with Crippen molar-refractivity contribution in [3.8, 4) is 17.1 Å². The minimum atomic E-state index is -4.94. The molecule has 5 aromatic rings. The third-order valence-electron chi connectivity index (χ3n) is 6.81. The number of alkyl halides is 3. The third-order valence-corrected chi connectivity index (χ3v) is 6.81. The monoisotopic (exact) mass is 606 g/mol. The van der Waals surface area contributed by atoms with E-state index in [0.29, 0.717) is 22.2 Å². The van der Waals surface area contributed by atoms with Crippen molar-refractivity contribution in [1.29, 1.82) is 0 Å². The molecule has 0 saturated carbocycles. The molecule has 0 atom stereocenters. The second kappa shape index (κ2) is 11.4. The van der Waals surface area contributed by atoms with E-state index >= 15 is 4.39 Å². The number of aromatic nitrogens is 4. The van der Waals surface area contributed by atoms with Crippen molar-refractivity contribution in [3.63, 3.8) is 0 Å². The summed E-state index contributed by atoms with van der Waals surface area (Å²) in [5.74, 6) is -2.61. The molecule has 44 heavy (non-hydrogen) atoms. The van der Waals surface area contributed by atoms with Gasteiger partial charge in [0, 0.05) is 35.4 Å². The third kappa shape index (κ3) is 6.07. The number of fused-ring (bicyclic) bond motifs is 1. The predicted octanol–water partition coefficient (Wildman–Crippen LogP) is 7.17. The molecule has 0 aliphatic rings. The van der Waals surface area contributed by atoms with Crippen LogP contribution in [0.3, 0.4) is 0 Å². The first-order valence-corrected chi connectivity index (χ1v) is 13.3. The molecule has 0 saturated heterocycles. The van der Waals surface area contributed by atoms with E-state index in [1.54, 1.807) is 69.3 Å². The SMILES string of the molecule is CC(C)(C)N(Cc1ccc2c(NC(=O)c3cc(-c4ncccn4)c(C(F)(F)F)cc3F)n(-c3ccccc3)nc2c1)C(=O)O. The van der Waals surface area contributed by atoms with Gasteiger partial charge in [-0.05, 0) is 68.8 Å². The van der Waals surface area contributed by atoms with Crippen LogP contribution in [-0.2, 0) is 12.7 Å². The van der Waals surface area contributed by atoms with E-state index < -0.39 is 46.2 Å². The van der Waals surface area contributed by atoms with Gasteiger partial charge in [-0.15, -0.1) is 0 Å². The van der Waals surface area contributed by atoms with Crippen molar-refractivity contribution in [1.82, 2.24) is 24.6 Å². The number of amides is 2. The highest BCUT2D eigenvalue weighted by Crippen LogP contribution is 2.38. The lowest BCUT2D eigenvalue weighted by Crippen LogP contribution is -2.44. The molecule has 0 bridgehead atoms. The molecule has 3 aromatic carbocycles. The normalized spacial score (nSPS) is 11.9. The zero-order valence-corrected chi connectivity index (χ0v) is 23.7. The van der Waals surface area contributed by atoms with Gasteiger partial charge in [-0.2, -0.15) is 18.3 Å². The molecule has 0 radical (unpaired) electrons. The van der Waals surface area contributed by atoms with Crippen molar-refractivity contribution in [2.45, 2.75) is 39.0 Å². The Morgan fingerprint density at radius 1 is 0.955 bits per heavy atom. The highest BCUT2D eigenvalue weighted by atomic mass is 19.4. The molecule has 13 heteroatoms. The van der Waals surface area contributed by atoms with Crippen LogP contribution < -0.4 is 5.32 Å². The van der Waals surface area contributed by atoms with E-state index in [0.717, 1.165) is 6.07 Å². The van der Waals surface area contributed by atoms with Gasteiger partial charge in [-0.3, -0.25) is 9.69 Å². The molecule has 2 amide bonds. The summed E-state index contributed by atoms with van der Waals surface area (Å²) in [4.78, 5) is 34.4. The van der Waals surface area contributed by atoms with E-state index in [-0.39, 0.29) is 24.3 Å². The van der Waals surface area contributed by atoms with Crippen LogP contribution in [0.2, 0.25) is 0 Å². The highest BCUT2D eigenvalue weighted by Gasteiger charge is 2.36. The van der Waals surface area contributed by atoms with Gasteiger partial charge in [0.05, 0.1) is 22.3 Å². The van der Waals surface area contributed by atoms with Crippen LogP contribution in [0.25, 0.3) is 28.0 Å². The molecular weight excluding hydrogens is 580 g/mol. The zero-order chi connectivity index (χ0) is 31.8. The van der Waals surface area contributed by atoms with Crippen LogP contribution in [0.4, 0.5) is 28.2 Å². The molecule has 5 rings (SSSR count). The summed E-state index contributed by atoms with van der Waals surface area (Å²) >= 11 is 0. The van der Waals surface area contributed by atoms with Gasteiger partial charge >= 0.3 is 12.3 Å². The van der Waals surface area contributed by atoms with Crippen LogP contribution in [0, 0.1) is 5.82 Å². The zero-order valence-electron chi connectivity index (χ0n) is 23.7. The summed E-state index contributed by atoms with van der Waals surface area (Å²) in [5.41, 5.74) is -1.66. The molecule has 0 aliphatic heterocycles. The van der Waals surface area contributed by atoms with Gasteiger partial charge in [0.15, 0.2) is 5.82 Å². The van der Waals surface area contributed by atoms with Gasteiger partial charge in [-0.25, -0.2) is 23.8 Å². The summed E-state index contributed by atoms with van der Waals surface area (Å²) < 4.78 is 58.0. The van der Waals surface area contributed by atoms with Crippen LogP contribution in [0.15, 0.2) is 79.1 Å². The quantitative estimate of drug-likeness (QED) is 0.198. The maximum absolute atomic E-state index is 15.2. The molecule has 2 aromatic heterocycles. The number of rotatable bonds is 6. The number of hydrogen-bond donors (Lipinski definition) is 2. The Kier molecular flexibility index (Phi) is 7.81. The number of halogens is 4. The second-order valence-electron chi connectivity index (χ2n) is 10.9. The van der Waals surface area contributed by atoms with Crippen molar-refractivity contribution >= 4 is 28.7 Å². The van der Waals surface area contributed by atoms with E-state index in [9.17, 15) is 27.9 Å². The summed E-state index contributed by atoms with van der Waals surface area (Å²) in [5, 5.41) is 17.4. The van der Waals surface area contributed by atoms with E-state index in [1.807, 2.05) is 0 Å². The Bertz CT molecular complexity index is 1850. The molecule has 2 heterocycles. The van der Waals surface area contributed by atoms with E-state index in [4.69, 9.17) is 0 Å². The van der Waals surface area contributed by atoms with Gasteiger partial charge in [0.2, 0.25) is 0 Å². The standard InChI is InChI=1S/C31H26F4N6O3/c1-30(2,3)40(29(43)44)17-18-10-11-20-25(14-18)39-41(19-8-5-4-6-9-19)27(20)38-28(42)22-15-21(26-36-12-7-13-37-26)23(16-24(22)32)31(33,34)35/h4-16H,17H2,1-3H3,(H,38,42)(H,43,44). The molecule has 0 spiro atoms. The van der Waals surface area contributed by atoms with E-state index in [1.165, 1.54) is 28.0 Å². The number of carbonyl (C=O) groups is 2. The van der Waals surface area contributed by atoms with Crippen molar-refractivity contribution in [2.75, 3.05) is 5.32 Å². The van der Waals surface area contributed by atoms with Crippen LogP contribution in [-0.4, -0.2) is 47.3 Å². The second-order valence-corrected chi connectivity index (χ2v) is 10.9. The molecular formula is C31H26F4N6O3. The Labute approximate surface area is 248 Å². The first-order chi connectivity index (χ1) is 20.7. The van der Waals surface area contributed by atoms with Gasteiger partial charge in [0.1, 0.15) is 11.6 Å². The first-order valence-electron chi connectivity index (χ1n) is 13.3. The van der Waals surface area contributed by atoms with E-state index in [2.05, 4.69) is 20.4 Å². The number of benzene rings is 3. The number of nitrogens with zero attached hydrogens (tertiary/aromatic N) is 5. The molecule has 9 nitrogen and oxygen atoms in total. The summed E-state index contributed by atoms with van der Waals surface area (Å²) in [6.45, 7) is 5.38. The Balaban J connectivity index is 1.60. The minimum absolute atomic E-state index is 0.0652. The number of para-hydroxylation sites is 1. The Morgan fingerprint density at radius 3 is 2.25 bits per heavy atom. The fraction of sp³-hybridized carbons (Fsp3) is 0.194. The topological polar surface area (TPSA) is 113 Å². The number of anilines is 1. The first kappa shape index (κ1) is 30.1. The van der Waals surface area contributed by atoms with Crippen LogP contribution in [0.1, 0.15) is 42.3 Å². The van der Waals surface area contributed by atoms with Gasteiger partial charge < -0.3 is 10.4 Å². The molecule has 2 N–H and O–H groups in total. The molecule has 0 unspecified atom stereocenters. The lowest BCUT2D eigenvalue weighted by atomic mass is 10.0. The largest absolute Gasteiger partial charge is 0.465 e. The van der Waals surface area contributed by atoms with Crippen LogP contribution >= 0.6 is 0 Å². The van der Waals surface area contributed by atoms with Crippen molar-refractivity contribution in [3.05, 3.63) is 102 Å². The summed E-state index contributed by atoms with van der Waals surface area (Å²) in [6.07, 6.45) is -3.56. The van der Waals surface area contributed by atoms with Crippen LogP contribution in [0.5, 0.6) is 0 Å². The number of carboxylic acid groups (broad SMARTS) is 1. The van der Waals surface area contributed by atoms with Gasteiger partial charge in [-0.1, -0.05) is 24.3 Å². The van der Waals surface area contributed by atoms with Crippen molar-refractivity contribution < 1.29 is 32.3 Å². The predicted molar refractivity (Wildman–Crippen MR) is 155 cm³/mol. The lowest BCUT2D eigenvalue weighted by molar-refractivity contribution is -0.137. The molecule has 0 fully saturated rings. The smallest absolute Gasteiger partial charge is 0.417 e. The number of carbonyl (C=O) groups excluding carboxylic acids is 1.